The number of hydrogen-bond acceptors (Lipinski definition) is 3. The number of benzene rings is 1. The van der Waals surface area contributed by atoms with Gasteiger partial charge in [-0.25, -0.2) is 0 Å². The Bertz CT molecular complexity index is 446. The summed E-state index contributed by atoms with van der Waals surface area (Å²) in [5.74, 6) is -0.612. The summed E-state index contributed by atoms with van der Waals surface area (Å²) in [6, 6.07) is 3.97. The maximum atomic E-state index is 11.4. The largest absolute Gasteiger partial charge is 0.355 e. The van der Waals surface area contributed by atoms with Gasteiger partial charge in [0.25, 0.3) is 5.91 Å². The van der Waals surface area contributed by atoms with E-state index in [-0.39, 0.29) is 11.8 Å². The van der Waals surface area contributed by atoms with Crippen molar-refractivity contribution in [3.05, 3.63) is 28.8 Å². The van der Waals surface area contributed by atoms with Crippen molar-refractivity contribution in [2.45, 2.75) is 13.0 Å². The van der Waals surface area contributed by atoms with E-state index in [4.69, 9.17) is 17.3 Å². The number of carbonyl (C=O) groups excluding carboxylic acids is 2. The first-order chi connectivity index (χ1) is 7.95. The van der Waals surface area contributed by atoms with E-state index in [2.05, 4.69) is 10.6 Å². The van der Waals surface area contributed by atoms with Gasteiger partial charge in [0, 0.05) is 12.6 Å². The summed E-state index contributed by atoms with van der Waals surface area (Å²) in [7, 11) is 1.52. The van der Waals surface area contributed by atoms with Crippen molar-refractivity contribution in [3.8, 4) is 0 Å². The Kier molecular flexibility index (Phi) is 4.48. The summed E-state index contributed by atoms with van der Waals surface area (Å²) in [6.45, 7) is 1.56. The Morgan fingerprint density at radius 2 is 2.06 bits per heavy atom. The number of amides is 2. The zero-order valence-corrected chi connectivity index (χ0v) is 10.3. The first-order valence-electron chi connectivity index (χ1n) is 5.03. The minimum absolute atomic E-state index is 0.252. The fourth-order valence-corrected chi connectivity index (χ4v) is 1.32. The molecule has 5 nitrogen and oxygen atoms in total. The molecule has 0 saturated carbocycles. The molecule has 0 aliphatic heterocycles. The quantitative estimate of drug-likeness (QED) is 0.753. The third kappa shape index (κ3) is 3.44. The van der Waals surface area contributed by atoms with Gasteiger partial charge in [-0.1, -0.05) is 11.6 Å². The number of nitrogens with one attached hydrogen (secondary N) is 2. The fraction of sp³-hybridized carbons (Fsp3) is 0.273. The summed E-state index contributed by atoms with van der Waals surface area (Å²) in [5, 5.41) is 5.39. The molecule has 0 aliphatic carbocycles. The van der Waals surface area contributed by atoms with Crippen LogP contribution in [0.15, 0.2) is 18.2 Å². The fourth-order valence-electron chi connectivity index (χ4n) is 1.15. The molecule has 17 heavy (non-hydrogen) atoms. The molecule has 1 aromatic carbocycles. The van der Waals surface area contributed by atoms with Crippen LogP contribution < -0.4 is 16.4 Å². The van der Waals surface area contributed by atoms with E-state index in [1.165, 1.54) is 13.1 Å². The van der Waals surface area contributed by atoms with Crippen molar-refractivity contribution in [1.29, 1.82) is 0 Å². The van der Waals surface area contributed by atoms with Gasteiger partial charge in [0.15, 0.2) is 0 Å². The van der Waals surface area contributed by atoms with Gasteiger partial charge in [-0.2, -0.15) is 0 Å². The Balaban J connectivity index is 2.99. The van der Waals surface area contributed by atoms with Gasteiger partial charge in [-0.15, -0.1) is 0 Å². The second kappa shape index (κ2) is 5.65. The number of carbonyl (C=O) groups is 2. The minimum Gasteiger partial charge on any atom is -0.355 e. The lowest BCUT2D eigenvalue weighted by Gasteiger charge is -2.10. The SMILES string of the molecule is CNC(=O)c1ccc(Cl)c(NC(=O)[C@H](C)N)c1. The Morgan fingerprint density at radius 1 is 1.41 bits per heavy atom. The molecule has 1 rings (SSSR count). The molecule has 0 unspecified atom stereocenters. The lowest BCUT2D eigenvalue weighted by Crippen LogP contribution is -2.32. The van der Waals surface area contributed by atoms with Crippen molar-refractivity contribution in [3.63, 3.8) is 0 Å². The first-order valence-corrected chi connectivity index (χ1v) is 5.41. The molecule has 1 atom stereocenters. The highest BCUT2D eigenvalue weighted by Crippen LogP contribution is 2.23. The van der Waals surface area contributed by atoms with Crippen LogP contribution in [0.2, 0.25) is 5.02 Å². The minimum atomic E-state index is -0.644. The van der Waals surface area contributed by atoms with Crippen LogP contribution in [-0.2, 0) is 4.79 Å². The summed E-state index contributed by atoms with van der Waals surface area (Å²) < 4.78 is 0. The van der Waals surface area contributed by atoms with Crippen molar-refractivity contribution in [1.82, 2.24) is 5.32 Å². The van der Waals surface area contributed by atoms with E-state index >= 15 is 0 Å². The summed E-state index contributed by atoms with van der Waals surface area (Å²) in [6.07, 6.45) is 0. The second-order valence-electron chi connectivity index (χ2n) is 3.55. The molecule has 0 fully saturated rings. The average molecular weight is 256 g/mol. The van der Waals surface area contributed by atoms with Crippen molar-refractivity contribution >= 4 is 29.1 Å². The van der Waals surface area contributed by atoms with Crippen molar-refractivity contribution in [2.75, 3.05) is 12.4 Å². The number of halogens is 1. The zero-order chi connectivity index (χ0) is 13.0. The number of hydrogen-bond donors (Lipinski definition) is 3. The number of rotatable bonds is 3. The topological polar surface area (TPSA) is 84.2 Å². The molecular formula is C11H14ClN3O2. The maximum absolute atomic E-state index is 11.4. The summed E-state index contributed by atoms with van der Waals surface area (Å²) >= 11 is 5.91. The van der Waals surface area contributed by atoms with Crippen LogP contribution in [0.5, 0.6) is 0 Å². The van der Waals surface area contributed by atoms with Crippen LogP contribution in [0, 0.1) is 0 Å². The molecule has 92 valence electrons. The van der Waals surface area contributed by atoms with Crippen LogP contribution in [-0.4, -0.2) is 24.9 Å². The second-order valence-corrected chi connectivity index (χ2v) is 3.96. The molecule has 2 amide bonds. The third-order valence-corrected chi connectivity index (χ3v) is 2.46. The lowest BCUT2D eigenvalue weighted by atomic mass is 10.2. The maximum Gasteiger partial charge on any atom is 0.251 e. The van der Waals surface area contributed by atoms with Crippen LogP contribution in [0.25, 0.3) is 0 Å². The van der Waals surface area contributed by atoms with E-state index < -0.39 is 6.04 Å². The van der Waals surface area contributed by atoms with Crippen molar-refractivity contribution in [2.24, 2.45) is 5.73 Å². The van der Waals surface area contributed by atoms with E-state index in [9.17, 15) is 9.59 Å². The Labute approximate surface area is 104 Å². The summed E-state index contributed by atoms with van der Waals surface area (Å²) in [5.41, 5.74) is 6.21. The van der Waals surface area contributed by atoms with Crippen LogP contribution in [0.4, 0.5) is 5.69 Å². The van der Waals surface area contributed by atoms with E-state index in [1.807, 2.05) is 0 Å². The van der Waals surface area contributed by atoms with Gasteiger partial charge in [0.05, 0.1) is 16.8 Å². The van der Waals surface area contributed by atoms with Gasteiger partial charge in [-0.05, 0) is 25.1 Å². The van der Waals surface area contributed by atoms with E-state index in [0.717, 1.165) is 0 Å². The molecular weight excluding hydrogens is 242 g/mol. The first kappa shape index (κ1) is 13.5. The van der Waals surface area contributed by atoms with Crippen LogP contribution in [0.1, 0.15) is 17.3 Å². The average Bonchev–Trinajstić information content (AvgIpc) is 2.30. The molecule has 0 heterocycles. The van der Waals surface area contributed by atoms with Gasteiger partial charge in [-0.3, -0.25) is 9.59 Å². The van der Waals surface area contributed by atoms with Crippen molar-refractivity contribution < 1.29 is 9.59 Å². The monoisotopic (exact) mass is 255 g/mol. The van der Waals surface area contributed by atoms with Gasteiger partial charge >= 0.3 is 0 Å². The Hall–Kier alpha value is -1.59. The summed E-state index contributed by atoms with van der Waals surface area (Å²) in [4.78, 5) is 22.8. The predicted molar refractivity (Wildman–Crippen MR) is 67.1 cm³/mol. The smallest absolute Gasteiger partial charge is 0.251 e. The van der Waals surface area contributed by atoms with Gasteiger partial charge < -0.3 is 16.4 Å². The molecule has 0 radical (unpaired) electrons. The van der Waals surface area contributed by atoms with Crippen LogP contribution in [0.3, 0.4) is 0 Å². The predicted octanol–water partition coefficient (Wildman–Crippen LogP) is 0.985. The number of nitrogens with two attached hydrogens (primary N) is 1. The standard InChI is InChI=1S/C11H14ClN3O2/c1-6(13)10(16)15-9-5-7(11(17)14-2)3-4-8(9)12/h3-6H,13H2,1-2H3,(H,14,17)(H,15,16)/t6-/m0/s1. The highest BCUT2D eigenvalue weighted by atomic mass is 35.5. The molecule has 0 bridgehead atoms. The molecule has 4 N–H and O–H groups in total. The van der Waals surface area contributed by atoms with Crippen LogP contribution >= 0.6 is 11.6 Å². The lowest BCUT2D eigenvalue weighted by molar-refractivity contribution is -0.117. The molecule has 0 aromatic heterocycles. The molecule has 0 saturated heterocycles. The highest BCUT2D eigenvalue weighted by Gasteiger charge is 2.12. The zero-order valence-electron chi connectivity index (χ0n) is 9.58. The third-order valence-electron chi connectivity index (χ3n) is 2.13. The van der Waals surface area contributed by atoms with E-state index in [0.29, 0.717) is 16.3 Å². The molecule has 0 spiro atoms. The number of anilines is 1. The highest BCUT2D eigenvalue weighted by molar-refractivity contribution is 6.34. The van der Waals surface area contributed by atoms with Gasteiger partial charge in [0.2, 0.25) is 5.91 Å². The normalized spacial score (nSPS) is 11.8. The Morgan fingerprint density at radius 3 is 2.59 bits per heavy atom. The molecule has 1 aromatic rings. The van der Waals surface area contributed by atoms with Gasteiger partial charge in [0.1, 0.15) is 0 Å². The molecule has 6 heteroatoms. The van der Waals surface area contributed by atoms with E-state index in [1.54, 1.807) is 19.1 Å². The molecule has 0 aliphatic rings.